The summed E-state index contributed by atoms with van der Waals surface area (Å²) < 4.78 is 46.7. The maximum absolute atomic E-state index is 10.7. The summed E-state index contributed by atoms with van der Waals surface area (Å²) in [6, 6.07) is 21.1. The fourth-order valence-corrected chi connectivity index (χ4v) is 6.80. The van der Waals surface area contributed by atoms with Crippen molar-refractivity contribution in [1.29, 1.82) is 0 Å². The minimum Gasteiger partial charge on any atom is -0.491 e. The smallest absolute Gasteiger partial charge is 0.122 e. The van der Waals surface area contributed by atoms with E-state index in [9.17, 15) is 10.2 Å². The van der Waals surface area contributed by atoms with Crippen molar-refractivity contribution in [2.24, 2.45) is 0 Å². The predicted octanol–water partition coefficient (Wildman–Crippen LogP) is 7.13. The predicted molar refractivity (Wildman–Crippen MR) is 229 cm³/mol. The van der Waals surface area contributed by atoms with Crippen LogP contribution in [0.15, 0.2) is 86.0 Å². The molecule has 4 aromatic carbocycles. The van der Waals surface area contributed by atoms with Crippen LogP contribution in [0, 0.1) is 27.7 Å². The maximum Gasteiger partial charge on any atom is 0.122 e. The van der Waals surface area contributed by atoms with Crippen molar-refractivity contribution in [2.75, 3.05) is 66.1 Å². The van der Waals surface area contributed by atoms with E-state index in [0.717, 1.165) is 85.2 Å². The summed E-state index contributed by atoms with van der Waals surface area (Å²) in [6.45, 7) is 19.4. The van der Waals surface area contributed by atoms with Gasteiger partial charge in [-0.3, -0.25) is 0 Å². The van der Waals surface area contributed by atoms with Gasteiger partial charge in [0, 0.05) is 0 Å². The van der Waals surface area contributed by atoms with Gasteiger partial charge in [-0.25, -0.2) is 0 Å². The number of hydrogen-bond donors (Lipinski definition) is 2. The Hall–Kier alpha value is -4.68. The second-order valence-corrected chi connectivity index (χ2v) is 15.5. The first-order chi connectivity index (χ1) is 28.6. The van der Waals surface area contributed by atoms with E-state index in [1.54, 1.807) is 12.2 Å². The average Bonchev–Trinajstić information content (AvgIpc) is 4.17. The highest BCUT2D eigenvalue weighted by molar-refractivity contribution is 5.51. The average molecular weight is 809 g/mol. The first-order valence-electron chi connectivity index (χ1n) is 20.5. The molecule has 316 valence electrons. The Morgan fingerprint density at radius 2 is 1.05 bits per heavy atom. The highest BCUT2D eigenvalue weighted by Gasteiger charge is 2.25. The molecule has 2 saturated heterocycles. The van der Waals surface area contributed by atoms with Crippen LogP contribution in [0.1, 0.15) is 55.6 Å². The van der Waals surface area contributed by atoms with Crippen LogP contribution in [0.4, 0.5) is 0 Å². The standard InChI is InChI=1S/C49H60O10/c1-7-14-52-24-42(50)26-56-46-11-9-10-39(33(46)4)17-37-18-41(35(6)49(22-37)59-31-45-29-55-45)20-38-19-40(34(5)48(23-38)57-27-43(51)25-53-15-8-2)16-36-13-12-32(3)47(21-36)58-30-44-28-54-44/h7-13,18-19,21-23,42-45,50-51H,1-2,14-17,20,24-31H2,3-6H3. The van der Waals surface area contributed by atoms with Crippen molar-refractivity contribution < 1.29 is 48.1 Å². The second-order valence-electron chi connectivity index (χ2n) is 15.5. The van der Waals surface area contributed by atoms with Crippen molar-refractivity contribution in [2.45, 2.75) is 71.4 Å². The number of aliphatic hydroxyl groups is 2. The molecule has 4 atom stereocenters. The minimum atomic E-state index is -0.795. The van der Waals surface area contributed by atoms with Gasteiger partial charge < -0.3 is 48.1 Å². The summed E-state index contributed by atoms with van der Waals surface area (Å²) >= 11 is 0. The van der Waals surface area contributed by atoms with Gasteiger partial charge in [0.25, 0.3) is 0 Å². The van der Waals surface area contributed by atoms with Crippen molar-refractivity contribution in [1.82, 2.24) is 0 Å². The second kappa shape index (κ2) is 21.5. The zero-order chi connectivity index (χ0) is 41.7. The molecular formula is C49H60O10. The van der Waals surface area contributed by atoms with Gasteiger partial charge in [0.05, 0.1) is 39.6 Å². The first-order valence-corrected chi connectivity index (χ1v) is 20.5. The molecule has 6 rings (SSSR count). The zero-order valence-electron chi connectivity index (χ0n) is 35.0. The highest BCUT2D eigenvalue weighted by Crippen LogP contribution is 2.34. The van der Waals surface area contributed by atoms with Crippen LogP contribution in [0.2, 0.25) is 0 Å². The third-order valence-electron chi connectivity index (χ3n) is 10.5. The third-order valence-corrected chi connectivity index (χ3v) is 10.5. The molecule has 2 aliphatic heterocycles. The topological polar surface area (TPSA) is 121 Å². The molecule has 2 aliphatic rings. The Morgan fingerprint density at radius 3 is 1.61 bits per heavy atom. The molecule has 4 unspecified atom stereocenters. The molecule has 0 spiro atoms. The summed E-state index contributed by atoms with van der Waals surface area (Å²) in [5, 5.41) is 21.0. The third kappa shape index (κ3) is 13.4. The molecule has 4 aromatic rings. The summed E-state index contributed by atoms with van der Waals surface area (Å²) in [6.07, 6.45) is 4.00. The lowest BCUT2D eigenvalue weighted by Crippen LogP contribution is -2.23. The number of rotatable bonds is 26. The molecule has 2 fully saturated rings. The summed E-state index contributed by atoms with van der Waals surface area (Å²) in [5.74, 6) is 3.13. The fraction of sp³-hybridized carbons (Fsp3) is 0.429. The van der Waals surface area contributed by atoms with E-state index in [4.69, 9.17) is 37.9 Å². The van der Waals surface area contributed by atoms with Crippen molar-refractivity contribution in [3.63, 3.8) is 0 Å². The van der Waals surface area contributed by atoms with Crippen LogP contribution in [0.25, 0.3) is 0 Å². The van der Waals surface area contributed by atoms with Crippen LogP contribution in [-0.2, 0) is 38.2 Å². The van der Waals surface area contributed by atoms with E-state index in [1.165, 1.54) is 0 Å². The summed E-state index contributed by atoms with van der Waals surface area (Å²) in [5.41, 5.74) is 10.8. The summed E-state index contributed by atoms with van der Waals surface area (Å²) in [4.78, 5) is 0. The lowest BCUT2D eigenvalue weighted by molar-refractivity contribution is 0.0212. The molecule has 0 aromatic heterocycles. The van der Waals surface area contributed by atoms with Gasteiger partial charge in [0.1, 0.15) is 73.8 Å². The van der Waals surface area contributed by atoms with E-state index in [1.807, 2.05) is 19.1 Å². The molecule has 10 nitrogen and oxygen atoms in total. The number of epoxide rings is 2. The summed E-state index contributed by atoms with van der Waals surface area (Å²) in [7, 11) is 0. The molecule has 0 aliphatic carbocycles. The Balaban J connectivity index is 1.28. The van der Waals surface area contributed by atoms with Gasteiger partial charge in [0.2, 0.25) is 0 Å². The Kier molecular flexibility index (Phi) is 16.0. The van der Waals surface area contributed by atoms with Crippen molar-refractivity contribution in [3.05, 3.63) is 142 Å². The van der Waals surface area contributed by atoms with E-state index >= 15 is 0 Å². The Bertz CT molecular complexity index is 2020. The molecular weight excluding hydrogens is 749 g/mol. The number of aryl methyl sites for hydroxylation is 1. The monoisotopic (exact) mass is 808 g/mol. The van der Waals surface area contributed by atoms with Crippen molar-refractivity contribution in [3.8, 4) is 23.0 Å². The van der Waals surface area contributed by atoms with Gasteiger partial charge in [-0.15, -0.1) is 13.2 Å². The molecule has 10 heteroatoms. The number of benzene rings is 4. The van der Waals surface area contributed by atoms with Gasteiger partial charge in [-0.1, -0.05) is 48.6 Å². The fourth-order valence-electron chi connectivity index (χ4n) is 6.80. The van der Waals surface area contributed by atoms with E-state index in [2.05, 4.69) is 82.5 Å². The van der Waals surface area contributed by atoms with Gasteiger partial charge in [-0.05, 0) is 127 Å². The SMILES string of the molecule is C=CCOCC(O)COc1cccc(Cc2cc(Cc3cc(Cc4ccc(C)c(OCC5CO5)c4)c(C)c(OCC(O)COCC=C)c3)c(C)c(OCC3CO3)c2)c1C. The Morgan fingerprint density at radius 1 is 0.576 bits per heavy atom. The molecule has 59 heavy (non-hydrogen) atoms. The van der Waals surface area contributed by atoms with E-state index in [0.29, 0.717) is 52.3 Å². The maximum atomic E-state index is 10.7. The van der Waals surface area contributed by atoms with Crippen LogP contribution in [0.5, 0.6) is 23.0 Å². The molecule has 0 radical (unpaired) electrons. The normalized spacial score (nSPS) is 16.6. The number of ether oxygens (including phenoxy) is 8. The molecule has 0 bridgehead atoms. The van der Waals surface area contributed by atoms with Crippen LogP contribution in [0.3, 0.4) is 0 Å². The minimum absolute atomic E-state index is 0.0898. The van der Waals surface area contributed by atoms with Gasteiger partial charge in [0.15, 0.2) is 0 Å². The van der Waals surface area contributed by atoms with E-state index < -0.39 is 12.2 Å². The number of aliphatic hydroxyl groups excluding tert-OH is 2. The van der Waals surface area contributed by atoms with Crippen molar-refractivity contribution >= 4 is 0 Å². The lowest BCUT2D eigenvalue weighted by Gasteiger charge is -2.20. The number of hydrogen-bond acceptors (Lipinski definition) is 10. The quantitative estimate of drug-likeness (QED) is 0.0385. The first kappa shape index (κ1) is 43.9. The molecule has 0 saturated carbocycles. The zero-order valence-corrected chi connectivity index (χ0v) is 35.0. The lowest BCUT2D eigenvalue weighted by atomic mass is 9.91. The van der Waals surface area contributed by atoms with Crippen LogP contribution < -0.4 is 18.9 Å². The molecule has 2 N–H and O–H groups in total. The molecule has 2 heterocycles. The largest absolute Gasteiger partial charge is 0.491 e. The highest BCUT2D eigenvalue weighted by atomic mass is 16.6. The van der Waals surface area contributed by atoms with Gasteiger partial charge in [-0.2, -0.15) is 0 Å². The van der Waals surface area contributed by atoms with Crippen LogP contribution in [-0.4, -0.2) is 101 Å². The Labute approximate surface area is 349 Å². The van der Waals surface area contributed by atoms with Crippen LogP contribution >= 0.6 is 0 Å². The molecule has 0 amide bonds. The van der Waals surface area contributed by atoms with E-state index in [-0.39, 0.29) is 38.6 Å². The van der Waals surface area contributed by atoms with Gasteiger partial charge >= 0.3 is 0 Å².